The number of nitrogens with two attached hydrogens (primary N) is 2. The summed E-state index contributed by atoms with van der Waals surface area (Å²) in [5.41, 5.74) is 9.71. The van der Waals surface area contributed by atoms with Gasteiger partial charge in [0.25, 0.3) is 5.91 Å². The molecule has 7 nitrogen and oxygen atoms in total. The average molecular weight is 172 g/mol. The lowest BCUT2D eigenvalue weighted by Gasteiger charge is -2.21. The predicted molar refractivity (Wildman–Crippen MR) is 37.3 cm³/mol. The summed E-state index contributed by atoms with van der Waals surface area (Å²) < 4.78 is 0. The minimum Gasteiger partial charge on any atom is -0.350 e. The van der Waals surface area contributed by atoms with Crippen LogP contribution in [0.25, 0.3) is 0 Å². The van der Waals surface area contributed by atoms with Crippen LogP contribution >= 0.6 is 0 Å². The number of amides is 5. The Morgan fingerprint density at radius 1 is 1.25 bits per heavy atom. The molecule has 0 aliphatic carbocycles. The highest BCUT2D eigenvalue weighted by Gasteiger charge is 2.35. The molecule has 1 saturated heterocycles. The molecule has 0 spiro atoms. The van der Waals surface area contributed by atoms with Gasteiger partial charge in [0, 0.05) is 6.42 Å². The van der Waals surface area contributed by atoms with E-state index in [1.54, 1.807) is 0 Å². The lowest BCUT2D eigenvalue weighted by molar-refractivity contribution is -0.130. The molecule has 7 heteroatoms. The van der Waals surface area contributed by atoms with Crippen LogP contribution in [-0.4, -0.2) is 34.5 Å². The molecular formula is C5H8N4O3. The van der Waals surface area contributed by atoms with E-state index in [2.05, 4.69) is 0 Å². The monoisotopic (exact) mass is 172 g/mol. The topological polar surface area (TPSA) is 110 Å². The van der Waals surface area contributed by atoms with Gasteiger partial charge in [-0.2, -0.15) is 5.01 Å². The number of hydrogen-bond donors (Lipinski definition) is 2. The van der Waals surface area contributed by atoms with Gasteiger partial charge in [-0.3, -0.25) is 4.79 Å². The number of imide groups is 1. The molecule has 0 unspecified atom stereocenters. The van der Waals surface area contributed by atoms with Crippen LogP contribution in [0.1, 0.15) is 6.42 Å². The van der Waals surface area contributed by atoms with E-state index < -0.39 is 18.0 Å². The van der Waals surface area contributed by atoms with E-state index in [0.29, 0.717) is 5.01 Å². The summed E-state index contributed by atoms with van der Waals surface area (Å²) in [6, 6.07) is -1.85. The number of rotatable bonds is 0. The number of carbonyl (C=O) groups is 3. The molecule has 12 heavy (non-hydrogen) atoms. The number of primary amides is 2. The van der Waals surface area contributed by atoms with E-state index in [1.165, 1.54) is 0 Å². The van der Waals surface area contributed by atoms with Crippen LogP contribution in [0.15, 0.2) is 0 Å². The zero-order chi connectivity index (χ0) is 9.30. The number of nitrogens with zero attached hydrogens (tertiary/aromatic N) is 2. The second kappa shape index (κ2) is 2.68. The highest BCUT2D eigenvalue weighted by Crippen LogP contribution is 2.10. The second-order valence-corrected chi connectivity index (χ2v) is 2.26. The third kappa shape index (κ3) is 1.16. The van der Waals surface area contributed by atoms with Gasteiger partial charge in [-0.15, -0.1) is 0 Å². The number of urea groups is 2. The van der Waals surface area contributed by atoms with Crippen molar-refractivity contribution in [3.63, 3.8) is 0 Å². The van der Waals surface area contributed by atoms with Crippen molar-refractivity contribution in [1.82, 2.24) is 10.0 Å². The zero-order valence-corrected chi connectivity index (χ0v) is 6.19. The third-order valence-corrected chi connectivity index (χ3v) is 1.48. The molecule has 1 aliphatic rings. The number of hydrazine groups is 1. The van der Waals surface area contributed by atoms with Crippen LogP contribution in [0.2, 0.25) is 0 Å². The van der Waals surface area contributed by atoms with E-state index in [9.17, 15) is 14.4 Å². The van der Waals surface area contributed by atoms with E-state index >= 15 is 0 Å². The first-order valence-electron chi connectivity index (χ1n) is 3.23. The molecule has 1 fully saturated rings. The van der Waals surface area contributed by atoms with Gasteiger partial charge < -0.3 is 11.5 Å². The lowest BCUT2D eigenvalue weighted by atomic mass is 10.4. The Hall–Kier alpha value is -1.79. The van der Waals surface area contributed by atoms with Crippen LogP contribution in [0.4, 0.5) is 9.59 Å². The van der Waals surface area contributed by atoms with Gasteiger partial charge in [-0.05, 0) is 0 Å². The van der Waals surface area contributed by atoms with Crippen molar-refractivity contribution in [3.05, 3.63) is 0 Å². The Morgan fingerprint density at radius 3 is 2.17 bits per heavy atom. The molecule has 0 aromatic carbocycles. The molecule has 0 saturated carbocycles. The highest BCUT2D eigenvalue weighted by atomic mass is 16.2. The standard InChI is InChI=1S/C5H8N4O3/c6-4(11)8-2-1-3(10)9(8)5(7)12/h1-2H2,(H2,6,11)(H2,7,12). The fourth-order valence-electron chi connectivity index (χ4n) is 0.993. The van der Waals surface area contributed by atoms with E-state index in [-0.39, 0.29) is 13.0 Å². The number of carbonyl (C=O) groups excluding carboxylic acids is 3. The van der Waals surface area contributed by atoms with Crippen molar-refractivity contribution < 1.29 is 14.4 Å². The number of hydrogen-bond acceptors (Lipinski definition) is 3. The fourth-order valence-corrected chi connectivity index (χ4v) is 0.993. The zero-order valence-electron chi connectivity index (χ0n) is 6.19. The first kappa shape index (κ1) is 8.31. The molecule has 4 N–H and O–H groups in total. The van der Waals surface area contributed by atoms with Gasteiger partial charge in [0.1, 0.15) is 0 Å². The first-order valence-corrected chi connectivity index (χ1v) is 3.23. The van der Waals surface area contributed by atoms with Gasteiger partial charge in [-0.1, -0.05) is 0 Å². The van der Waals surface area contributed by atoms with Crippen molar-refractivity contribution in [2.24, 2.45) is 11.5 Å². The summed E-state index contributed by atoms with van der Waals surface area (Å²) in [4.78, 5) is 32.1. The maximum absolute atomic E-state index is 10.9. The lowest BCUT2D eigenvalue weighted by Crippen LogP contribution is -2.51. The average Bonchev–Trinajstić information content (AvgIpc) is 2.30. The SMILES string of the molecule is NC(=O)N1CCC(=O)N1C(N)=O. The van der Waals surface area contributed by atoms with Crippen molar-refractivity contribution >= 4 is 18.0 Å². The Balaban J connectivity index is 2.84. The molecule has 5 amide bonds. The third-order valence-electron chi connectivity index (χ3n) is 1.48. The van der Waals surface area contributed by atoms with E-state index in [1.807, 2.05) is 0 Å². The molecule has 0 bridgehead atoms. The van der Waals surface area contributed by atoms with Crippen LogP contribution < -0.4 is 11.5 Å². The van der Waals surface area contributed by atoms with Crippen molar-refractivity contribution in [3.8, 4) is 0 Å². The highest BCUT2D eigenvalue weighted by molar-refractivity contribution is 5.97. The Morgan fingerprint density at radius 2 is 1.83 bits per heavy atom. The fraction of sp³-hybridized carbons (Fsp3) is 0.400. The second-order valence-electron chi connectivity index (χ2n) is 2.26. The van der Waals surface area contributed by atoms with Crippen molar-refractivity contribution in [2.45, 2.75) is 6.42 Å². The quantitative estimate of drug-likeness (QED) is 0.468. The van der Waals surface area contributed by atoms with Crippen molar-refractivity contribution in [2.75, 3.05) is 6.54 Å². The van der Waals surface area contributed by atoms with E-state index in [4.69, 9.17) is 11.5 Å². The summed E-state index contributed by atoms with van der Waals surface area (Å²) in [5.74, 6) is -0.513. The Labute approximate surface area is 67.8 Å². The summed E-state index contributed by atoms with van der Waals surface area (Å²) in [6.45, 7) is 0.108. The van der Waals surface area contributed by atoms with Gasteiger partial charge in [0.05, 0.1) is 6.54 Å². The van der Waals surface area contributed by atoms with Gasteiger partial charge in [-0.25, -0.2) is 14.6 Å². The molecule has 66 valence electrons. The van der Waals surface area contributed by atoms with Gasteiger partial charge >= 0.3 is 12.1 Å². The molecule has 0 radical (unpaired) electrons. The summed E-state index contributed by atoms with van der Waals surface area (Å²) in [5, 5.41) is 1.35. The van der Waals surface area contributed by atoms with E-state index in [0.717, 1.165) is 5.01 Å². The minimum absolute atomic E-state index is 0.0753. The first-order chi connectivity index (χ1) is 5.54. The van der Waals surface area contributed by atoms with Crippen LogP contribution in [-0.2, 0) is 4.79 Å². The van der Waals surface area contributed by atoms with Crippen LogP contribution in [0.5, 0.6) is 0 Å². The van der Waals surface area contributed by atoms with Crippen molar-refractivity contribution in [1.29, 1.82) is 0 Å². The summed E-state index contributed by atoms with van der Waals surface area (Å²) in [6.07, 6.45) is 0.0753. The summed E-state index contributed by atoms with van der Waals surface area (Å²) >= 11 is 0. The van der Waals surface area contributed by atoms with Crippen LogP contribution in [0, 0.1) is 0 Å². The molecule has 0 atom stereocenters. The summed E-state index contributed by atoms with van der Waals surface area (Å²) in [7, 11) is 0. The predicted octanol–water partition coefficient (Wildman–Crippen LogP) is -1.41. The largest absolute Gasteiger partial charge is 0.350 e. The van der Waals surface area contributed by atoms with Crippen LogP contribution in [0.3, 0.4) is 0 Å². The van der Waals surface area contributed by atoms with Gasteiger partial charge in [0.2, 0.25) is 0 Å². The molecule has 1 aliphatic heterocycles. The smallest absolute Gasteiger partial charge is 0.341 e. The normalized spacial score (nSPS) is 16.8. The maximum Gasteiger partial charge on any atom is 0.341 e. The Kier molecular flexibility index (Phi) is 1.86. The molecule has 1 heterocycles. The molecule has 0 aromatic heterocycles. The maximum atomic E-state index is 10.9. The minimum atomic E-state index is -0.990. The molecule has 0 aromatic rings. The Bertz CT molecular complexity index is 251. The molecular weight excluding hydrogens is 164 g/mol. The van der Waals surface area contributed by atoms with Gasteiger partial charge in [0.15, 0.2) is 0 Å². The molecule has 1 rings (SSSR count).